The van der Waals surface area contributed by atoms with Gasteiger partial charge in [0.2, 0.25) is 5.91 Å². The number of hydrogen-bond donors (Lipinski definition) is 2. The number of nitrogens with zero attached hydrogens (tertiary/aromatic N) is 2. The van der Waals surface area contributed by atoms with Crippen LogP contribution in [0, 0.1) is 6.92 Å². The maximum absolute atomic E-state index is 13.0. The number of carbonyl (C=O) groups is 1. The number of likely N-dealkylation sites (tertiary alicyclic amines) is 1. The zero-order valence-corrected chi connectivity index (χ0v) is 13.8. The lowest BCUT2D eigenvalue weighted by molar-refractivity contribution is -0.133. The normalized spacial score (nSPS) is 22.8. The highest BCUT2D eigenvalue weighted by Gasteiger charge is 2.46. The summed E-state index contributed by atoms with van der Waals surface area (Å²) in [6.07, 6.45) is 7.65. The lowest BCUT2D eigenvalue weighted by atomic mass is 9.93. The van der Waals surface area contributed by atoms with Crippen molar-refractivity contribution in [1.29, 1.82) is 0 Å². The fraction of sp³-hybridized carbons (Fsp3) is 0.765. The van der Waals surface area contributed by atoms with Crippen molar-refractivity contribution in [3.05, 3.63) is 17.5 Å². The van der Waals surface area contributed by atoms with E-state index in [4.69, 9.17) is 0 Å². The van der Waals surface area contributed by atoms with E-state index in [1.165, 1.54) is 25.7 Å². The van der Waals surface area contributed by atoms with Crippen molar-refractivity contribution in [3.8, 4) is 0 Å². The minimum absolute atomic E-state index is 0.121. The van der Waals surface area contributed by atoms with E-state index >= 15 is 0 Å². The fourth-order valence-electron chi connectivity index (χ4n) is 4.09. The molecule has 0 radical (unpaired) electrons. The molecule has 5 nitrogen and oxygen atoms in total. The Kier molecular flexibility index (Phi) is 4.52. The molecule has 0 unspecified atom stereocenters. The van der Waals surface area contributed by atoms with Crippen molar-refractivity contribution in [1.82, 2.24) is 20.4 Å². The summed E-state index contributed by atoms with van der Waals surface area (Å²) in [5.41, 5.74) is 1.86. The summed E-state index contributed by atoms with van der Waals surface area (Å²) in [6, 6.07) is 2.17. The van der Waals surface area contributed by atoms with E-state index in [2.05, 4.69) is 33.4 Å². The highest BCUT2D eigenvalue weighted by molar-refractivity contribution is 5.87. The van der Waals surface area contributed by atoms with Gasteiger partial charge in [-0.1, -0.05) is 12.8 Å². The summed E-state index contributed by atoms with van der Waals surface area (Å²) >= 11 is 0. The van der Waals surface area contributed by atoms with Crippen LogP contribution in [-0.4, -0.2) is 45.7 Å². The van der Waals surface area contributed by atoms with E-state index < -0.39 is 0 Å². The molecule has 1 atom stereocenters. The molecule has 2 heterocycles. The average Bonchev–Trinajstić information content (AvgIpc) is 3.19. The van der Waals surface area contributed by atoms with E-state index in [1.807, 2.05) is 6.92 Å². The van der Waals surface area contributed by atoms with Crippen molar-refractivity contribution in [2.45, 2.75) is 70.4 Å². The molecule has 122 valence electrons. The summed E-state index contributed by atoms with van der Waals surface area (Å²) in [5.74, 6) is 0.242. The Morgan fingerprint density at radius 3 is 2.64 bits per heavy atom. The highest BCUT2D eigenvalue weighted by atomic mass is 16.2. The van der Waals surface area contributed by atoms with Crippen molar-refractivity contribution in [2.75, 3.05) is 13.1 Å². The van der Waals surface area contributed by atoms with E-state index in [9.17, 15) is 4.79 Å². The molecule has 1 saturated carbocycles. The molecule has 2 aliphatic rings. The van der Waals surface area contributed by atoms with Gasteiger partial charge in [0.05, 0.1) is 5.69 Å². The summed E-state index contributed by atoms with van der Waals surface area (Å²) in [7, 11) is 0. The molecule has 22 heavy (non-hydrogen) atoms. The number of carbonyl (C=O) groups excluding carboxylic acids is 1. The molecular weight excluding hydrogens is 276 g/mol. The van der Waals surface area contributed by atoms with E-state index in [0.717, 1.165) is 43.7 Å². The Morgan fingerprint density at radius 2 is 2.05 bits per heavy atom. The third-order valence-electron chi connectivity index (χ3n) is 5.22. The monoisotopic (exact) mass is 304 g/mol. The van der Waals surface area contributed by atoms with E-state index in [1.54, 1.807) is 0 Å². The van der Waals surface area contributed by atoms with Crippen LogP contribution in [0.4, 0.5) is 0 Å². The van der Waals surface area contributed by atoms with Crippen LogP contribution in [-0.2, 0) is 11.2 Å². The zero-order valence-electron chi connectivity index (χ0n) is 13.8. The second-order valence-electron chi connectivity index (χ2n) is 7.05. The Hall–Kier alpha value is -1.36. The van der Waals surface area contributed by atoms with Crippen molar-refractivity contribution in [3.63, 3.8) is 0 Å². The Morgan fingerprint density at radius 1 is 1.36 bits per heavy atom. The molecule has 1 aliphatic carbocycles. The average molecular weight is 304 g/mol. The second kappa shape index (κ2) is 6.41. The maximum Gasteiger partial charge on any atom is 0.240 e. The first-order valence-corrected chi connectivity index (χ1v) is 8.67. The van der Waals surface area contributed by atoms with Crippen LogP contribution >= 0.6 is 0 Å². The van der Waals surface area contributed by atoms with Crippen LogP contribution in [0.25, 0.3) is 0 Å². The number of aryl methyl sites for hydroxylation is 1. The second-order valence-corrected chi connectivity index (χ2v) is 7.05. The molecular formula is C17H28N4O. The largest absolute Gasteiger partial charge is 0.352 e. The Labute approximate surface area is 132 Å². The van der Waals surface area contributed by atoms with Crippen molar-refractivity contribution < 1.29 is 4.79 Å². The standard InChI is InChI=1S/C17H28N4O/c1-13(11-15-12-14(2)19-20-15)18-16(22)17(7-3-4-8-17)21-9-5-6-10-21/h12-13H,3-11H2,1-2H3,(H,18,22)(H,19,20)/t13-/m1/s1. The smallest absolute Gasteiger partial charge is 0.240 e. The quantitative estimate of drug-likeness (QED) is 0.876. The van der Waals surface area contributed by atoms with Crippen LogP contribution in [0.1, 0.15) is 56.8 Å². The van der Waals surface area contributed by atoms with Gasteiger partial charge in [0.1, 0.15) is 5.54 Å². The van der Waals surface area contributed by atoms with Gasteiger partial charge in [-0.15, -0.1) is 0 Å². The predicted octanol–water partition coefficient (Wildman–Crippen LogP) is 2.17. The van der Waals surface area contributed by atoms with Crippen molar-refractivity contribution >= 4 is 5.91 Å². The zero-order chi connectivity index (χ0) is 15.6. The molecule has 1 aromatic heterocycles. The first-order valence-electron chi connectivity index (χ1n) is 8.67. The topological polar surface area (TPSA) is 61.0 Å². The molecule has 0 bridgehead atoms. The first-order chi connectivity index (χ1) is 10.6. The number of rotatable bonds is 5. The number of aromatic nitrogens is 2. The van der Waals surface area contributed by atoms with Gasteiger partial charge in [-0.3, -0.25) is 14.8 Å². The number of hydrogen-bond acceptors (Lipinski definition) is 3. The van der Waals surface area contributed by atoms with Gasteiger partial charge in [-0.05, 0) is 58.7 Å². The minimum Gasteiger partial charge on any atom is -0.352 e. The predicted molar refractivity (Wildman–Crippen MR) is 86.6 cm³/mol. The Bertz CT molecular complexity index is 512. The molecule has 0 spiro atoms. The number of nitrogens with one attached hydrogen (secondary N) is 2. The van der Waals surface area contributed by atoms with E-state index in [-0.39, 0.29) is 17.5 Å². The summed E-state index contributed by atoms with van der Waals surface area (Å²) in [6.45, 7) is 6.25. The molecule has 0 aromatic carbocycles. The lowest BCUT2D eigenvalue weighted by Gasteiger charge is -2.38. The summed E-state index contributed by atoms with van der Waals surface area (Å²) in [5, 5.41) is 10.5. The summed E-state index contributed by atoms with van der Waals surface area (Å²) in [4.78, 5) is 15.4. The molecule has 1 saturated heterocycles. The van der Waals surface area contributed by atoms with Crippen LogP contribution in [0.5, 0.6) is 0 Å². The molecule has 2 fully saturated rings. The van der Waals surface area contributed by atoms with Gasteiger partial charge in [0.25, 0.3) is 0 Å². The molecule has 1 aliphatic heterocycles. The molecule has 1 aromatic rings. The molecule has 1 amide bonds. The van der Waals surface area contributed by atoms with Crippen LogP contribution in [0.3, 0.4) is 0 Å². The summed E-state index contributed by atoms with van der Waals surface area (Å²) < 4.78 is 0. The van der Waals surface area contributed by atoms with Crippen LogP contribution in [0.15, 0.2) is 6.07 Å². The van der Waals surface area contributed by atoms with Crippen LogP contribution < -0.4 is 5.32 Å². The van der Waals surface area contributed by atoms with Crippen molar-refractivity contribution in [2.24, 2.45) is 0 Å². The third kappa shape index (κ3) is 3.05. The number of aromatic amines is 1. The van der Waals surface area contributed by atoms with Gasteiger partial charge < -0.3 is 5.32 Å². The highest BCUT2D eigenvalue weighted by Crippen LogP contribution is 2.37. The lowest BCUT2D eigenvalue weighted by Crippen LogP contribution is -2.58. The number of amides is 1. The SMILES string of the molecule is Cc1cc(C[C@@H](C)NC(=O)C2(N3CCCC3)CCCC2)n[nH]1. The first kappa shape index (κ1) is 15.5. The van der Waals surface area contributed by atoms with Gasteiger partial charge in [0.15, 0.2) is 0 Å². The minimum atomic E-state index is -0.230. The molecule has 2 N–H and O–H groups in total. The molecule has 5 heteroatoms. The van der Waals surface area contributed by atoms with E-state index in [0.29, 0.717) is 0 Å². The Balaban J connectivity index is 1.63. The third-order valence-corrected chi connectivity index (χ3v) is 5.22. The fourth-order valence-corrected chi connectivity index (χ4v) is 4.09. The van der Waals surface area contributed by atoms with Gasteiger partial charge in [-0.2, -0.15) is 5.10 Å². The van der Waals surface area contributed by atoms with Gasteiger partial charge >= 0.3 is 0 Å². The van der Waals surface area contributed by atoms with Gasteiger partial charge in [0, 0.05) is 18.2 Å². The molecule has 3 rings (SSSR count). The number of H-pyrrole nitrogens is 1. The van der Waals surface area contributed by atoms with Gasteiger partial charge in [-0.25, -0.2) is 0 Å². The maximum atomic E-state index is 13.0. The van der Waals surface area contributed by atoms with Crippen LogP contribution in [0.2, 0.25) is 0 Å².